The van der Waals surface area contributed by atoms with E-state index in [1.54, 1.807) is 12.1 Å². The highest BCUT2D eigenvalue weighted by Crippen LogP contribution is 2.25. The Kier molecular flexibility index (Phi) is 6.32. The SMILES string of the molecule is CC(NCc1ccc(CSC(F)F)o1)c1cccc(N2CCCC2=O)c1. The molecule has 1 aliphatic rings. The summed E-state index contributed by atoms with van der Waals surface area (Å²) in [4.78, 5) is 13.7. The minimum Gasteiger partial charge on any atom is -0.464 e. The molecule has 7 heteroatoms. The monoisotopic (exact) mass is 380 g/mol. The molecule has 1 unspecified atom stereocenters. The fourth-order valence-corrected chi connectivity index (χ4v) is 3.44. The molecular weight excluding hydrogens is 358 g/mol. The molecule has 1 N–H and O–H groups in total. The lowest BCUT2D eigenvalue weighted by Gasteiger charge is -2.19. The Morgan fingerprint density at radius 1 is 1.27 bits per heavy atom. The van der Waals surface area contributed by atoms with Crippen molar-refractivity contribution in [2.24, 2.45) is 0 Å². The Balaban J connectivity index is 1.56. The minimum atomic E-state index is -2.39. The zero-order valence-electron chi connectivity index (χ0n) is 14.6. The molecule has 140 valence electrons. The van der Waals surface area contributed by atoms with Gasteiger partial charge in [0.1, 0.15) is 11.5 Å². The van der Waals surface area contributed by atoms with Crippen molar-refractivity contribution in [2.75, 3.05) is 11.4 Å². The Morgan fingerprint density at radius 2 is 2.08 bits per heavy atom. The zero-order valence-corrected chi connectivity index (χ0v) is 15.4. The third kappa shape index (κ3) is 4.86. The first-order valence-corrected chi connectivity index (χ1v) is 9.69. The highest BCUT2D eigenvalue weighted by molar-refractivity contribution is 7.98. The van der Waals surface area contributed by atoms with Gasteiger partial charge in [-0.25, -0.2) is 0 Å². The van der Waals surface area contributed by atoms with Gasteiger partial charge in [-0.2, -0.15) is 8.78 Å². The lowest BCUT2D eigenvalue weighted by atomic mass is 10.1. The van der Waals surface area contributed by atoms with Gasteiger partial charge in [-0.1, -0.05) is 23.9 Å². The van der Waals surface area contributed by atoms with Crippen molar-refractivity contribution in [3.8, 4) is 0 Å². The predicted octanol–water partition coefficient (Wildman–Crippen LogP) is 4.71. The molecule has 0 saturated carbocycles. The highest BCUT2D eigenvalue weighted by Gasteiger charge is 2.22. The summed E-state index contributed by atoms with van der Waals surface area (Å²) in [6, 6.07) is 11.6. The topological polar surface area (TPSA) is 45.5 Å². The molecule has 3 rings (SSSR count). The number of thioether (sulfide) groups is 1. The summed E-state index contributed by atoms with van der Waals surface area (Å²) in [6.07, 6.45) is 1.52. The zero-order chi connectivity index (χ0) is 18.5. The van der Waals surface area contributed by atoms with Crippen LogP contribution in [0.15, 0.2) is 40.8 Å². The lowest BCUT2D eigenvalue weighted by molar-refractivity contribution is -0.117. The van der Waals surface area contributed by atoms with Gasteiger partial charge < -0.3 is 14.6 Å². The molecule has 2 aromatic rings. The molecule has 0 bridgehead atoms. The van der Waals surface area contributed by atoms with Crippen LogP contribution in [0, 0.1) is 0 Å². The smallest absolute Gasteiger partial charge is 0.284 e. The molecule has 4 nitrogen and oxygen atoms in total. The average molecular weight is 380 g/mol. The number of carbonyl (C=O) groups is 1. The molecule has 1 amide bonds. The van der Waals surface area contributed by atoms with Crippen LogP contribution in [0.1, 0.15) is 42.9 Å². The number of nitrogens with one attached hydrogen (secondary N) is 1. The number of benzene rings is 1. The number of anilines is 1. The summed E-state index contributed by atoms with van der Waals surface area (Å²) in [5.41, 5.74) is 2.02. The molecule has 0 spiro atoms. The number of alkyl halides is 2. The largest absolute Gasteiger partial charge is 0.464 e. The van der Waals surface area contributed by atoms with E-state index in [-0.39, 0.29) is 17.7 Å². The summed E-state index contributed by atoms with van der Waals surface area (Å²) in [5.74, 6) is -0.787. The molecular formula is C19H22F2N2O2S. The number of furan rings is 1. The van der Waals surface area contributed by atoms with Gasteiger partial charge in [0.05, 0.1) is 12.3 Å². The summed E-state index contributed by atoms with van der Waals surface area (Å²) in [7, 11) is 0. The second-order valence-electron chi connectivity index (χ2n) is 6.29. The first-order valence-electron chi connectivity index (χ1n) is 8.64. The lowest BCUT2D eigenvalue weighted by Crippen LogP contribution is -2.24. The van der Waals surface area contributed by atoms with Gasteiger partial charge in [0.15, 0.2) is 0 Å². The number of hydrogen-bond acceptors (Lipinski definition) is 4. The van der Waals surface area contributed by atoms with E-state index in [0.717, 1.165) is 24.2 Å². The second-order valence-corrected chi connectivity index (χ2v) is 7.26. The fourth-order valence-electron chi connectivity index (χ4n) is 2.99. The van der Waals surface area contributed by atoms with E-state index in [1.165, 1.54) is 0 Å². The molecule has 26 heavy (non-hydrogen) atoms. The highest BCUT2D eigenvalue weighted by atomic mass is 32.2. The van der Waals surface area contributed by atoms with E-state index in [9.17, 15) is 13.6 Å². The number of halogens is 2. The fraction of sp³-hybridized carbons (Fsp3) is 0.421. The number of nitrogens with zero attached hydrogens (tertiary/aromatic N) is 1. The molecule has 1 fully saturated rings. The maximum Gasteiger partial charge on any atom is 0.284 e. The molecule has 2 heterocycles. The molecule has 0 radical (unpaired) electrons. The van der Waals surface area contributed by atoms with Crippen LogP contribution in [0.2, 0.25) is 0 Å². The summed E-state index contributed by atoms with van der Waals surface area (Å²) in [6.45, 7) is 3.32. The summed E-state index contributed by atoms with van der Waals surface area (Å²) >= 11 is 0.553. The normalized spacial score (nSPS) is 15.8. The standard InChI is InChI=1S/C19H22F2N2O2S/c1-13(22-11-16-7-8-17(25-16)12-26-19(20)21)14-4-2-5-15(10-14)23-9-3-6-18(23)24/h2,4-5,7-8,10,13,19,22H,3,6,9,11-12H2,1H3. The van der Waals surface area contributed by atoms with Crippen molar-refractivity contribution in [3.05, 3.63) is 53.5 Å². The van der Waals surface area contributed by atoms with E-state index < -0.39 is 5.76 Å². The molecule has 0 aliphatic carbocycles. The van der Waals surface area contributed by atoms with E-state index in [1.807, 2.05) is 36.1 Å². The Bertz CT molecular complexity index is 751. The van der Waals surface area contributed by atoms with Crippen LogP contribution < -0.4 is 10.2 Å². The van der Waals surface area contributed by atoms with Crippen LogP contribution in [0.25, 0.3) is 0 Å². The maximum absolute atomic E-state index is 12.2. The van der Waals surface area contributed by atoms with Crippen molar-refractivity contribution in [3.63, 3.8) is 0 Å². The predicted molar refractivity (Wildman–Crippen MR) is 99.3 cm³/mol. The van der Waals surface area contributed by atoms with Crippen LogP contribution in [-0.2, 0) is 17.1 Å². The average Bonchev–Trinajstić information content (AvgIpc) is 3.26. The first-order chi connectivity index (χ1) is 12.5. The van der Waals surface area contributed by atoms with Gasteiger partial charge >= 0.3 is 0 Å². The third-order valence-corrected chi connectivity index (χ3v) is 5.11. The Morgan fingerprint density at radius 3 is 2.81 bits per heavy atom. The van der Waals surface area contributed by atoms with Crippen LogP contribution in [-0.4, -0.2) is 18.2 Å². The van der Waals surface area contributed by atoms with Crippen molar-refractivity contribution in [2.45, 2.75) is 43.9 Å². The summed E-state index contributed by atoms with van der Waals surface area (Å²) < 4.78 is 30.0. The van der Waals surface area contributed by atoms with Crippen molar-refractivity contribution < 1.29 is 18.0 Å². The Labute approximate surface area is 155 Å². The minimum absolute atomic E-state index is 0.0663. The van der Waals surface area contributed by atoms with Gasteiger partial charge in [-0.15, -0.1) is 0 Å². The van der Waals surface area contributed by atoms with Crippen LogP contribution in [0.5, 0.6) is 0 Å². The van der Waals surface area contributed by atoms with Gasteiger partial charge in [0.2, 0.25) is 5.91 Å². The number of rotatable bonds is 8. The second kappa shape index (κ2) is 8.68. The van der Waals surface area contributed by atoms with Crippen LogP contribution in [0.4, 0.5) is 14.5 Å². The molecule has 1 aliphatic heterocycles. The quantitative estimate of drug-likeness (QED) is 0.720. The first kappa shape index (κ1) is 18.9. The molecule has 1 aromatic carbocycles. The molecule has 1 aromatic heterocycles. The Hall–Kier alpha value is -1.86. The molecule has 1 atom stereocenters. The van der Waals surface area contributed by atoms with E-state index in [0.29, 0.717) is 36.2 Å². The number of carbonyl (C=O) groups excluding carboxylic acids is 1. The van der Waals surface area contributed by atoms with Gasteiger partial charge in [0.25, 0.3) is 5.76 Å². The van der Waals surface area contributed by atoms with E-state index >= 15 is 0 Å². The van der Waals surface area contributed by atoms with Gasteiger partial charge in [0, 0.05) is 24.7 Å². The summed E-state index contributed by atoms with van der Waals surface area (Å²) in [5, 5.41) is 3.37. The van der Waals surface area contributed by atoms with E-state index in [2.05, 4.69) is 5.32 Å². The maximum atomic E-state index is 12.2. The van der Waals surface area contributed by atoms with Gasteiger partial charge in [-0.05, 0) is 43.2 Å². The van der Waals surface area contributed by atoms with Crippen LogP contribution in [0.3, 0.4) is 0 Å². The van der Waals surface area contributed by atoms with Crippen molar-refractivity contribution >= 4 is 23.4 Å². The van der Waals surface area contributed by atoms with E-state index in [4.69, 9.17) is 4.42 Å². The van der Waals surface area contributed by atoms with Crippen LogP contribution >= 0.6 is 11.8 Å². The van der Waals surface area contributed by atoms with Crippen molar-refractivity contribution in [1.82, 2.24) is 5.32 Å². The number of hydrogen-bond donors (Lipinski definition) is 1. The van der Waals surface area contributed by atoms with Crippen molar-refractivity contribution in [1.29, 1.82) is 0 Å². The van der Waals surface area contributed by atoms with Gasteiger partial charge in [-0.3, -0.25) is 4.79 Å². The molecule has 1 saturated heterocycles. The number of amides is 1. The third-order valence-electron chi connectivity index (χ3n) is 4.41.